The Hall–Kier alpha value is -2.60. The summed E-state index contributed by atoms with van der Waals surface area (Å²) in [4.78, 5) is 17.2. The molecule has 2 atom stereocenters. The summed E-state index contributed by atoms with van der Waals surface area (Å²) in [7, 11) is 0. The van der Waals surface area contributed by atoms with Crippen molar-refractivity contribution >= 4 is 11.6 Å². The van der Waals surface area contributed by atoms with E-state index in [2.05, 4.69) is 35.9 Å². The molecule has 0 radical (unpaired) electrons. The van der Waals surface area contributed by atoms with Crippen molar-refractivity contribution in [1.29, 1.82) is 0 Å². The van der Waals surface area contributed by atoms with Crippen molar-refractivity contribution in [2.75, 3.05) is 31.1 Å². The van der Waals surface area contributed by atoms with Gasteiger partial charge in [-0.1, -0.05) is 19.4 Å². The molecule has 0 aliphatic carbocycles. The first-order valence-electron chi connectivity index (χ1n) is 12.3. The summed E-state index contributed by atoms with van der Waals surface area (Å²) < 4.78 is 20.7. The number of hydrogen-bond donors (Lipinski definition) is 1. The highest BCUT2D eigenvalue weighted by atomic mass is 19.1. The van der Waals surface area contributed by atoms with Crippen LogP contribution in [0.25, 0.3) is 0 Å². The molecule has 2 heterocycles. The van der Waals surface area contributed by atoms with E-state index in [9.17, 15) is 4.79 Å². The molecule has 2 aromatic carbocycles. The van der Waals surface area contributed by atoms with E-state index >= 15 is 4.39 Å². The van der Waals surface area contributed by atoms with Crippen LogP contribution in [-0.4, -0.2) is 49.1 Å². The summed E-state index contributed by atoms with van der Waals surface area (Å²) in [6.45, 7) is 10.6. The van der Waals surface area contributed by atoms with Gasteiger partial charge in [-0.05, 0) is 74.6 Å². The molecule has 0 spiro atoms. The number of carbonyl (C=O) groups excluding carboxylic acids is 1. The average molecular weight is 454 g/mol. The standard InChI is InChI=1S/C27H36FN3O2/c1-4-5-14-33-23-9-7-21(8-10-23)27(32)29-16-20-6-11-25(24(28)15-20)31-13-12-22-17-30(19(2)3)18-26(22)31/h6-11,15,19,22,26H,4-5,12-14,16-18H2,1-3H3,(H,29,32). The molecular weight excluding hydrogens is 417 g/mol. The fourth-order valence-electron chi connectivity index (χ4n) is 4.93. The zero-order valence-electron chi connectivity index (χ0n) is 20.0. The van der Waals surface area contributed by atoms with Crippen molar-refractivity contribution in [2.24, 2.45) is 5.92 Å². The summed E-state index contributed by atoms with van der Waals surface area (Å²) in [5.74, 6) is 0.996. The van der Waals surface area contributed by atoms with E-state index in [1.807, 2.05) is 24.3 Å². The second-order valence-electron chi connectivity index (χ2n) is 9.55. The van der Waals surface area contributed by atoms with Crippen LogP contribution in [0, 0.1) is 11.7 Å². The van der Waals surface area contributed by atoms with E-state index in [4.69, 9.17) is 4.74 Å². The summed E-state index contributed by atoms with van der Waals surface area (Å²) in [5, 5.41) is 2.89. The number of amides is 1. The Labute approximate surface area is 196 Å². The summed E-state index contributed by atoms with van der Waals surface area (Å²) in [6.07, 6.45) is 3.21. The second-order valence-corrected chi connectivity index (χ2v) is 9.55. The summed E-state index contributed by atoms with van der Waals surface area (Å²) in [6, 6.07) is 13.4. The van der Waals surface area contributed by atoms with Crippen LogP contribution in [0.5, 0.6) is 5.75 Å². The van der Waals surface area contributed by atoms with Gasteiger partial charge in [0.15, 0.2) is 0 Å². The van der Waals surface area contributed by atoms with Crippen LogP contribution in [0.15, 0.2) is 42.5 Å². The van der Waals surface area contributed by atoms with Crippen molar-refractivity contribution in [2.45, 2.75) is 58.7 Å². The number of nitrogens with one attached hydrogen (secondary N) is 1. The Morgan fingerprint density at radius 1 is 1.18 bits per heavy atom. The first kappa shape index (κ1) is 23.6. The highest BCUT2D eigenvalue weighted by molar-refractivity contribution is 5.94. The van der Waals surface area contributed by atoms with Crippen LogP contribution in [0.2, 0.25) is 0 Å². The minimum atomic E-state index is -0.209. The molecule has 1 N–H and O–H groups in total. The number of halogens is 1. The molecule has 2 unspecified atom stereocenters. The Morgan fingerprint density at radius 3 is 2.67 bits per heavy atom. The number of fused-ring (bicyclic) bond motifs is 1. The molecule has 5 nitrogen and oxygen atoms in total. The number of nitrogens with zero attached hydrogens (tertiary/aromatic N) is 2. The minimum Gasteiger partial charge on any atom is -0.494 e. The number of anilines is 1. The number of likely N-dealkylation sites (tertiary alicyclic amines) is 1. The fourth-order valence-corrected chi connectivity index (χ4v) is 4.93. The molecule has 2 aliphatic heterocycles. The van der Waals surface area contributed by atoms with Gasteiger partial charge in [0.1, 0.15) is 11.6 Å². The highest BCUT2D eigenvalue weighted by Gasteiger charge is 2.42. The zero-order valence-corrected chi connectivity index (χ0v) is 20.0. The van der Waals surface area contributed by atoms with Crippen LogP contribution in [-0.2, 0) is 6.54 Å². The predicted octanol–water partition coefficient (Wildman–Crippen LogP) is 4.85. The van der Waals surface area contributed by atoms with Gasteiger partial charge in [0.2, 0.25) is 0 Å². The normalized spacial score (nSPS) is 20.3. The van der Waals surface area contributed by atoms with E-state index in [0.717, 1.165) is 50.2 Å². The van der Waals surface area contributed by atoms with E-state index < -0.39 is 0 Å². The molecule has 2 aromatic rings. The van der Waals surface area contributed by atoms with Gasteiger partial charge in [-0.3, -0.25) is 9.69 Å². The quantitative estimate of drug-likeness (QED) is 0.551. The highest BCUT2D eigenvalue weighted by Crippen LogP contribution is 2.37. The molecule has 33 heavy (non-hydrogen) atoms. The van der Waals surface area contributed by atoms with Gasteiger partial charge >= 0.3 is 0 Å². The van der Waals surface area contributed by atoms with Crippen LogP contribution in [0.3, 0.4) is 0 Å². The number of benzene rings is 2. The fraction of sp³-hybridized carbons (Fsp3) is 0.519. The lowest BCUT2D eigenvalue weighted by molar-refractivity contribution is 0.0951. The topological polar surface area (TPSA) is 44.8 Å². The third-order valence-corrected chi connectivity index (χ3v) is 6.96. The first-order valence-corrected chi connectivity index (χ1v) is 12.3. The average Bonchev–Trinajstić information content (AvgIpc) is 3.40. The number of ether oxygens (including phenoxy) is 1. The van der Waals surface area contributed by atoms with Crippen molar-refractivity contribution in [3.05, 3.63) is 59.4 Å². The smallest absolute Gasteiger partial charge is 0.251 e. The van der Waals surface area contributed by atoms with E-state index in [-0.39, 0.29) is 18.3 Å². The lowest BCUT2D eigenvalue weighted by Crippen LogP contribution is -2.37. The molecule has 0 saturated carbocycles. The molecule has 4 rings (SSSR count). The third-order valence-electron chi connectivity index (χ3n) is 6.96. The molecule has 2 aliphatic rings. The van der Waals surface area contributed by atoms with Gasteiger partial charge in [0.25, 0.3) is 5.91 Å². The van der Waals surface area contributed by atoms with Crippen molar-refractivity contribution in [3.8, 4) is 5.75 Å². The van der Waals surface area contributed by atoms with E-state index in [0.29, 0.717) is 35.9 Å². The van der Waals surface area contributed by atoms with Crippen LogP contribution in [0.1, 0.15) is 56.0 Å². The molecule has 178 valence electrons. The maximum absolute atomic E-state index is 15.1. The third kappa shape index (κ3) is 5.49. The van der Waals surface area contributed by atoms with Gasteiger partial charge in [0.05, 0.1) is 12.3 Å². The predicted molar refractivity (Wildman–Crippen MR) is 130 cm³/mol. The molecule has 2 fully saturated rings. The molecule has 0 bridgehead atoms. The van der Waals surface area contributed by atoms with Gasteiger partial charge < -0.3 is 15.0 Å². The van der Waals surface area contributed by atoms with Crippen LogP contribution in [0.4, 0.5) is 10.1 Å². The van der Waals surface area contributed by atoms with Gasteiger partial charge in [0, 0.05) is 43.8 Å². The minimum absolute atomic E-state index is 0.179. The lowest BCUT2D eigenvalue weighted by atomic mass is 10.0. The van der Waals surface area contributed by atoms with E-state index in [1.165, 1.54) is 0 Å². The molecule has 1 amide bonds. The largest absolute Gasteiger partial charge is 0.494 e. The number of unbranched alkanes of at least 4 members (excludes halogenated alkanes) is 1. The van der Waals surface area contributed by atoms with Gasteiger partial charge in [-0.15, -0.1) is 0 Å². The van der Waals surface area contributed by atoms with Crippen LogP contribution < -0.4 is 15.0 Å². The molecular formula is C27H36FN3O2. The molecule has 2 saturated heterocycles. The monoisotopic (exact) mass is 453 g/mol. The first-order chi connectivity index (χ1) is 16.0. The maximum atomic E-state index is 15.1. The van der Waals surface area contributed by atoms with E-state index in [1.54, 1.807) is 18.2 Å². The Kier molecular flexibility index (Phi) is 7.53. The number of rotatable bonds is 9. The Morgan fingerprint density at radius 2 is 1.97 bits per heavy atom. The maximum Gasteiger partial charge on any atom is 0.251 e. The Balaban J connectivity index is 1.33. The number of hydrogen-bond acceptors (Lipinski definition) is 4. The number of carbonyl (C=O) groups is 1. The van der Waals surface area contributed by atoms with Crippen molar-refractivity contribution in [1.82, 2.24) is 10.2 Å². The van der Waals surface area contributed by atoms with Gasteiger partial charge in [-0.2, -0.15) is 0 Å². The molecule has 0 aromatic heterocycles. The SMILES string of the molecule is CCCCOc1ccc(C(=O)NCc2ccc(N3CCC4CN(C(C)C)CC43)c(F)c2)cc1. The second kappa shape index (κ2) is 10.6. The Bertz CT molecular complexity index is 947. The summed E-state index contributed by atoms with van der Waals surface area (Å²) in [5.41, 5.74) is 2.01. The van der Waals surface area contributed by atoms with Crippen molar-refractivity contribution < 1.29 is 13.9 Å². The van der Waals surface area contributed by atoms with Crippen molar-refractivity contribution in [3.63, 3.8) is 0 Å². The van der Waals surface area contributed by atoms with Gasteiger partial charge in [-0.25, -0.2) is 4.39 Å². The lowest BCUT2D eigenvalue weighted by Gasteiger charge is -2.28. The van der Waals surface area contributed by atoms with Crippen LogP contribution >= 0.6 is 0 Å². The zero-order chi connectivity index (χ0) is 23.4. The molecule has 6 heteroatoms. The summed E-state index contributed by atoms with van der Waals surface area (Å²) >= 11 is 0.